The van der Waals surface area contributed by atoms with Gasteiger partial charge in [-0.2, -0.15) is 0 Å². The first kappa shape index (κ1) is 64.5. The third-order valence-electron chi connectivity index (χ3n) is 13.1. The molecule has 0 spiro atoms. The third kappa shape index (κ3) is 53.0. The molecule has 7 nitrogen and oxygen atoms in total. The van der Waals surface area contributed by atoms with Gasteiger partial charge >= 0.3 is 17.9 Å². The van der Waals surface area contributed by atoms with Gasteiger partial charge in [0, 0.05) is 19.3 Å². The zero-order valence-corrected chi connectivity index (χ0v) is 43.4. The highest BCUT2D eigenvalue weighted by molar-refractivity contribution is 5.71. The number of carbonyl (C=O) groups excluding carboxylic acids is 3. The summed E-state index contributed by atoms with van der Waals surface area (Å²) in [6.07, 6.45) is 58.0. The van der Waals surface area contributed by atoms with Gasteiger partial charge in [0.05, 0.1) is 0 Å². The Bertz CT molecular complexity index is 889. The molecular weight excluding hydrogens is 797 g/mol. The van der Waals surface area contributed by atoms with Gasteiger partial charge in [-0.3, -0.25) is 14.4 Å². The maximum absolute atomic E-state index is 12.8. The topological polar surface area (TPSA) is 110 Å². The zero-order valence-electron chi connectivity index (χ0n) is 43.4. The van der Waals surface area contributed by atoms with Crippen molar-refractivity contribution in [1.29, 1.82) is 0 Å². The molecule has 0 aromatic heterocycles. The van der Waals surface area contributed by atoms with Gasteiger partial charge in [-0.05, 0) is 19.3 Å². The molecule has 0 saturated heterocycles. The van der Waals surface area contributed by atoms with Crippen LogP contribution in [0.2, 0.25) is 0 Å². The predicted octanol–water partition coefficient (Wildman–Crippen LogP) is 17.9. The van der Waals surface area contributed by atoms with Gasteiger partial charge in [-0.25, -0.2) is 0 Å². The maximum Gasteiger partial charge on any atom is 0.306 e. The summed E-state index contributed by atoms with van der Waals surface area (Å²) in [5.74, 6) is -0.832. The number of rotatable bonds is 53. The predicted molar refractivity (Wildman–Crippen MR) is 274 cm³/mol. The number of carbonyl (C=O) groups is 3. The van der Waals surface area contributed by atoms with Gasteiger partial charge < -0.3 is 19.7 Å². The van der Waals surface area contributed by atoms with Gasteiger partial charge in [-0.1, -0.05) is 290 Å². The van der Waals surface area contributed by atoms with E-state index < -0.39 is 6.10 Å². The molecule has 0 aromatic rings. The maximum atomic E-state index is 12.8. The highest BCUT2D eigenvalue weighted by atomic mass is 16.6. The minimum atomic E-state index is -0.760. The van der Waals surface area contributed by atoms with Crippen molar-refractivity contribution in [2.75, 3.05) is 13.2 Å². The fourth-order valence-electron chi connectivity index (χ4n) is 8.80. The van der Waals surface area contributed by atoms with E-state index in [9.17, 15) is 14.4 Å². The summed E-state index contributed by atoms with van der Waals surface area (Å²) >= 11 is 0. The molecule has 0 aliphatic carbocycles. The van der Waals surface area contributed by atoms with Crippen LogP contribution in [-0.2, 0) is 28.6 Å². The average Bonchev–Trinajstić information content (AvgIpc) is 3.28. The van der Waals surface area contributed by atoms with Crippen molar-refractivity contribution < 1.29 is 34.1 Å². The molecular formula is C57H112O7. The van der Waals surface area contributed by atoms with E-state index in [4.69, 9.17) is 14.2 Å². The first-order valence-electron chi connectivity index (χ1n) is 28.5. The molecule has 0 aliphatic heterocycles. The number of ether oxygens (including phenoxy) is 3. The molecule has 0 saturated carbocycles. The Morgan fingerprint density at radius 2 is 0.438 bits per heavy atom. The van der Waals surface area contributed by atoms with Crippen molar-refractivity contribution in [1.82, 2.24) is 0 Å². The van der Waals surface area contributed by atoms with Crippen LogP contribution in [0.3, 0.4) is 0 Å². The van der Waals surface area contributed by atoms with Crippen LogP contribution in [0, 0.1) is 0 Å². The minimum Gasteiger partial charge on any atom is -0.462 e. The number of hydrogen-bond donors (Lipinski definition) is 0. The zero-order chi connectivity index (χ0) is 45.8. The number of unbranched alkanes of at least 4 members (excludes halogenated alkanes) is 42. The van der Waals surface area contributed by atoms with Crippen LogP contribution in [0.1, 0.15) is 329 Å². The molecule has 382 valence electrons. The smallest absolute Gasteiger partial charge is 0.306 e. The Kier molecular flexibility index (Phi) is 56.1. The SMILES string of the molecule is CCCCCCCCCCCCCCCCCC(=O)OCC(COC(=O)CCCCCCCCCCCCCCCCC)OC(=O)CCCCCCCCCCCCCCCCC.O. The number of hydrogen-bond acceptors (Lipinski definition) is 6. The van der Waals surface area contributed by atoms with E-state index in [1.807, 2.05) is 0 Å². The molecule has 7 heteroatoms. The standard InChI is InChI=1S/C57H110O6.H2O/c1-4-7-10-13-16-19-22-25-28-31-34-37-40-43-46-49-55(58)61-52-54(63-57(60)51-48-45-42-39-36-33-30-27-24-21-18-15-12-9-6-3)53-62-56(59)50-47-44-41-38-35-32-29-26-23-20-17-14-11-8-5-2;/h54H,4-53H2,1-3H3;1H2. The lowest BCUT2D eigenvalue weighted by Gasteiger charge is -2.18. The van der Waals surface area contributed by atoms with Gasteiger partial charge in [-0.15, -0.1) is 0 Å². The highest BCUT2D eigenvalue weighted by Crippen LogP contribution is 2.17. The van der Waals surface area contributed by atoms with E-state index in [1.165, 1.54) is 231 Å². The second-order valence-corrected chi connectivity index (χ2v) is 19.6. The molecule has 0 amide bonds. The van der Waals surface area contributed by atoms with E-state index in [-0.39, 0.29) is 36.6 Å². The third-order valence-corrected chi connectivity index (χ3v) is 13.1. The first-order chi connectivity index (χ1) is 31.0. The van der Waals surface area contributed by atoms with Crippen molar-refractivity contribution in [2.24, 2.45) is 0 Å². The Morgan fingerprint density at radius 3 is 0.641 bits per heavy atom. The first-order valence-corrected chi connectivity index (χ1v) is 28.5. The second-order valence-electron chi connectivity index (χ2n) is 19.6. The van der Waals surface area contributed by atoms with Crippen LogP contribution in [0.15, 0.2) is 0 Å². The molecule has 0 aliphatic rings. The van der Waals surface area contributed by atoms with Crippen molar-refractivity contribution in [3.05, 3.63) is 0 Å². The molecule has 64 heavy (non-hydrogen) atoms. The molecule has 2 N–H and O–H groups in total. The summed E-state index contributed by atoms with van der Waals surface area (Å²) in [7, 11) is 0. The molecule has 0 heterocycles. The fraction of sp³-hybridized carbons (Fsp3) is 0.947. The Balaban J connectivity index is 0. The van der Waals surface area contributed by atoms with E-state index >= 15 is 0 Å². The fourth-order valence-corrected chi connectivity index (χ4v) is 8.80. The monoisotopic (exact) mass is 909 g/mol. The minimum absolute atomic E-state index is 0. The molecule has 0 bridgehead atoms. The molecule has 0 atom stereocenters. The van der Waals surface area contributed by atoms with Crippen LogP contribution >= 0.6 is 0 Å². The van der Waals surface area contributed by atoms with Gasteiger partial charge in [0.2, 0.25) is 0 Å². The molecule has 0 unspecified atom stereocenters. The second kappa shape index (κ2) is 55.7. The average molecular weight is 910 g/mol. The Morgan fingerprint density at radius 1 is 0.266 bits per heavy atom. The van der Waals surface area contributed by atoms with E-state index in [0.717, 1.165) is 57.8 Å². The Hall–Kier alpha value is -1.63. The Labute approximate surface area is 398 Å². The highest BCUT2D eigenvalue weighted by Gasteiger charge is 2.19. The van der Waals surface area contributed by atoms with Gasteiger partial charge in [0.15, 0.2) is 6.10 Å². The van der Waals surface area contributed by atoms with Gasteiger partial charge in [0.1, 0.15) is 13.2 Å². The summed E-state index contributed by atoms with van der Waals surface area (Å²) in [5, 5.41) is 0. The summed E-state index contributed by atoms with van der Waals surface area (Å²) < 4.78 is 16.9. The largest absolute Gasteiger partial charge is 0.462 e. The normalized spacial score (nSPS) is 11.2. The summed E-state index contributed by atoms with van der Waals surface area (Å²) in [4.78, 5) is 38.1. The van der Waals surface area contributed by atoms with Gasteiger partial charge in [0.25, 0.3) is 0 Å². The van der Waals surface area contributed by atoms with Crippen LogP contribution in [0.25, 0.3) is 0 Å². The van der Waals surface area contributed by atoms with Crippen LogP contribution in [-0.4, -0.2) is 42.7 Å². The van der Waals surface area contributed by atoms with Crippen molar-refractivity contribution >= 4 is 17.9 Å². The number of esters is 3. The molecule has 0 aromatic carbocycles. The van der Waals surface area contributed by atoms with E-state index in [2.05, 4.69) is 20.8 Å². The lowest BCUT2D eigenvalue weighted by Crippen LogP contribution is -2.30. The quantitative estimate of drug-likeness (QED) is 0.0341. The lowest BCUT2D eigenvalue weighted by molar-refractivity contribution is -0.167. The van der Waals surface area contributed by atoms with Crippen LogP contribution in [0.4, 0.5) is 0 Å². The molecule has 0 fully saturated rings. The van der Waals surface area contributed by atoms with Crippen LogP contribution < -0.4 is 0 Å². The van der Waals surface area contributed by atoms with Crippen molar-refractivity contribution in [2.45, 2.75) is 335 Å². The molecule has 0 rings (SSSR count). The van der Waals surface area contributed by atoms with Crippen molar-refractivity contribution in [3.8, 4) is 0 Å². The molecule has 0 radical (unpaired) electrons. The lowest BCUT2D eigenvalue weighted by atomic mass is 10.0. The van der Waals surface area contributed by atoms with Crippen molar-refractivity contribution in [3.63, 3.8) is 0 Å². The van der Waals surface area contributed by atoms with Crippen LogP contribution in [0.5, 0.6) is 0 Å². The van der Waals surface area contributed by atoms with E-state index in [1.54, 1.807) is 0 Å². The summed E-state index contributed by atoms with van der Waals surface area (Å²) in [5.41, 5.74) is 0. The summed E-state index contributed by atoms with van der Waals surface area (Å²) in [6.45, 7) is 6.71. The summed E-state index contributed by atoms with van der Waals surface area (Å²) in [6, 6.07) is 0. The van der Waals surface area contributed by atoms with E-state index in [0.29, 0.717) is 19.3 Å².